The molecule has 0 spiro atoms. The van der Waals surface area contributed by atoms with E-state index in [1.54, 1.807) is 0 Å². The molecule has 0 amide bonds. The highest BCUT2D eigenvalue weighted by molar-refractivity contribution is 7.92. The van der Waals surface area contributed by atoms with E-state index in [0.717, 1.165) is 44.9 Å². The lowest BCUT2D eigenvalue weighted by molar-refractivity contribution is 0.419. The molecule has 2 atom stereocenters. The summed E-state index contributed by atoms with van der Waals surface area (Å²) in [6.45, 7) is 0. The van der Waals surface area contributed by atoms with Gasteiger partial charge in [-0.1, -0.05) is 25.7 Å². The summed E-state index contributed by atoms with van der Waals surface area (Å²) in [7, 11) is -2.90. The molecule has 2 unspecified atom stereocenters. The number of rotatable bonds is 2. The van der Waals surface area contributed by atoms with Crippen LogP contribution in [0.5, 0.6) is 0 Å². The first-order valence-corrected chi connectivity index (χ1v) is 8.20. The van der Waals surface area contributed by atoms with E-state index in [1.807, 2.05) is 0 Å². The second-order valence-electron chi connectivity index (χ2n) is 5.40. The predicted octanol–water partition coefficient (Wildman–Crippen LogP) is 2.00. The molecule has 0 radical (unpaired) electrons. The maximum atomic E-state index is 12.4. The Bertz CT molecular complexity index is 320. The third kappa shape index (κ3) is 2.59. The number of sulfone groups is 1. The Hall–Kier alpha value is -0.0900. The van der Waals surface area contributed by atoms with Crippen LogP contribution in [0, 0.1) is 0 Å². The van der Waals surface area contributed by atoms with Crippen molar-refractivity contribution < 1.29 is 8.42 Å². The largest absolute Gasteiger partial charge is 0.328 e. The Morgan fingerprint density at radius 2 is 1.44 bits per heavy atom. The third-order valence-corrected chi connectivity index (χ3v) is 6.91. The van der Waals surface area contributed by atoms with Crippen LogP contribution in [-0.4, -0.2) is 25.0 Å². The molecule has 16 heavy (non-hydrogen) atoms. The van der Waals surface area contributed by atoms with Crippen LogP contribution in [0.25, 0.3) is 0 Å². The smallest absolute Gasteiger partial charge is 0.156 e. The van der Waals surface area contributed by atoms with Gasteiger partial charge in [-0.2, -0.15) is 0 Å². The number of nitrogens with two attached hydrogens (primary N) is 1. The fraction of sp³-hybridized carbons (Fsp3) is 1.00. The molecule has 94 valence electrons. The molecule has 2 aliphatic carbocycles. The maximum absolute atomic E-state index is 12.4. The molecular formula is C12H23NO2S. The van der Waals surface area contributed by atoms with Gasteiger partial charge in [-0.05, 0) is 32.1 Å². The predicted molar refractivity (Wildman–Crippen MR) is 66.0 cm³/mol. The summed E-state index contributed by atoms with van der Waals surface area (Å²) in [6.07, 6.45) is 8.66. The summed E-state index contributed by atoms with van der Waals surface area (Å²) in [5, 5.41) is -0.198. The van der Waals surface area contributed by atoms with Crippen molar-refractivity contribution in [3.05, 3.63) is 0 Å². The van der Waals surface area contributed by atoms with Gasteiger partial charge >= 0.3 is 0 Å². The average molecular weight is 245 g/mol. The van der Waals surface area contributed by atoms with Crippen LogP contribution in [-0.2, 0) is 9.84 Å². The van der Waals surface area contributed by atoms with Crippen molar-refractivity contribution in [3.8, 4) is 0 Å². The fourth-order valence-corrected chi connectivity index (χ4v) is 5.69. The molecule has 2 N–H and O–H groups in total. The first kappa shape index (κ1) is 12.4. The van der Waals surface area contributed by atoms with E-state index in [4.69, 9.17) is 5.73 Å². The lowest BCUT2D eigenvalue weighted by Gasteiger charge is -2.31. The van der Waals surface area contributed by atoms with Crippen molar-refractivity contribution in [3.63, 3.8) is 0 Å². The monoisotopic (exact) mass is 245 g/mol. The Morgan fingerprint density at radius 1 is 0.812 bits per heavy atom. The molecule has 0 saturated heterocycles. The van der Waals surface area contributed by atoms with E-state index in [-0.39, 0.29) is 16.5 Å². The minimum absolute atomic E-state index is 0.0588. The topological polar surface area (TPSA) is 60.2 Å². The molecule has 2 fully saturated rings. The summed E-state index contributed by atoms with van der Waals surface area (Å²) in [5.74, 6) is 0. The molecule has 0 heterocycles. The van der Waals surface area contributed by atoms with Gasteiger partial charge < -0.3 is 5.73 Å². The molecule has 0 aromatic rings. The summed E-state index contributed by atoms with van der Waals surface area (Å²) < 4.78 is 24.9. The van der Waals surface area contributed by atoms with Crippen LogP contribution >= 0.6 is 0 Å². The first-order chi connectivity index (χ1) is 7.60. The van der Waals surface area contributed by atoms with E-state index < -0.39 is 9.84 Å². The third-order valence-electron chi connectivity index (χ3n) is 4.15. The lowest BCUT2D eigenvalue weighted by Crippen LogP contribution is -2.40. The van der Waals surface area contributed by atoms with Crippen molar-refractivity contribution in [2.24, 2.45) is 5.73 Å². The van der Waals surface area contributed by atoms with Gasteiger partial charge in [-0.25, -0.2) is 8.42 Å². The molecule has 2 saturated carbocycles. The van der Waals surface area contributed by atoms with E-state index in [1.165, 1.54) is 6.42 Å². The second-order valence-corrected chi connectivity index (χ2v) is 7.91. The highest BCUT2D eigenvalue weighted by atomic mass is 32.2. The molecule has 2 rings (SSSR count). The van der Waals surface area contributed by atoms with Gasteiger partial charge in [0.15, 0.2) is 9.84 Å². The van der Waals surface area contributed by atoms with Crippen LogP contribution in [0.4, 0.5) is 0 Å². The number of hydrogen-bond acceptors (Lipinski definition) is 3. The van der Waals surface area contributed by atoms with E-state index >= 15 is 0 Å². The maximum Gasteiger partial charge on any atom is 0.156 e. The van der Waals surface area contributed by atoms with E-state index in [9.17, 15) is 8.42 Å². The summed E-state index contributed by atoms with van der Waals surface area (Å²) in [4.78, 5) is 0. The van der Waals surface area contributed by atoms with Gasteiger partial charge in [0.2, 0.25) is 0 Å². The summed E-state index contributed by atoms with van der Waals surface area (Å²) in [5.41, 5.74) is 5.89. The van der Waals surface area contributed by atoms with Crippen molar-refractivity contribution in [2.45, 2.75) is 74.3 Å². The van der Waals surface area contributed by atoms with Crippen LogP contribution in [0.2, 0.25) is 0 Å². The molecular weight excluding hydrogens is 222 g/mol. The Labute approximate surface area is 98.7 Å². The molecule has 0 bridgehead atoms. The Balaban J connectivity index is 2.05. The minimum Gasteiger partial charge on any atom is -0.328 e. The van der Waals surface area contributed by atoms with Gasteiger partial charge in [0.05, 0.1) is 10.5 Å². The van der Waals surface area contributed by atoms with E-state index in [2.05, 4.69) is 0 Å². The standard InChI is InChI=1S/C12H23NO2S/c13-10-5-4-8-12(9-10)16(14,15)11-6-2-1-3-7-11/h10-12H,1-9,13H2. The van der Waals surface area contributed by atoms with E-state index in [0.29, 0.717) is 6.42 Å². The molecule has 3 nitrogen and oxygen atoms in total. The Kier molecular flexibility index (Phi) is 3.90. The van der Waals surface area contributed by atoms with Crippen LogP contribution in [0.3, 0.4) is 0 Å². The highest BCUT2D eigenvalue weighted by Gasteiger charge is 2.36. The zero-order valence-electron chi connectivity index (χ0n) is 9.90. The second kappa shape index (κ2) is 5.05. The van der Waals surface area contributed by atoms with Crippen molar-refractivity contribution in [1.29, 1.82) is 0 Å². The molecule has 4 heteroatoms. The van der Waals surface area contributed by atoms with Gasteiger partial charge in [-0.3, -0.25) is 0 Å². The van der Waals surface area contributed by atoms with Gasteiger partial charge in [-0.15, -0.1) is 0 Å². The zero-order valence-corrected chi connectivity index (χ0v) is 10.7. The van der Waals surface area contributed by atoms with Crippen molar-refractivity contribution in [2.75, 3.05) is 0 Å². The van der Waals surface area contributed by atoms with Gasteiger partial charge in [0.1, 0.15) is 0 Å². The molecule has 2 aliphatic rings. The molecule has 0 aromatic carbocycles. The normalized spacial score (nSPS) is 33.8. The van der Waals surface area contributed by atoms with Crippen LogP contribution < -0.4 is 5.73 Å². The lowest BCUT2D eigenvalue weighted by atomic mass is 9.96. The quantitative estimate of drug-likeness (QED) is 0.809. The summed E-state index contributed by atoms with van der Waals surface area (Å²) in [6, 6.07) is 0.108. The Morgan fingerprint density at radius 3 is 2.06 bits per heavy atom. The molecule has 0 aliphatic heterocycles. The van der Waals surface area contributed by atoms with Gasteiger partial charge in [0.25, 0.3) is 0 Å². The SMILES string of the molecule is NC1CCCC(S(=O)(=O)C2CCCCC2)C1. The van der Waals surface area contributed by atoms with Gasteiger partial charge in [0, 0.05) is 6.04 Å². The van der Waals surface area contributed by atoms with Crippen LogP contribution in [0.15, 0.2) is 0 Å². The van der Waals surface area contributed by atoms with Crippen molar-refractivity contribution >= 4 is 9.84 Å². The molecule has 0 aromatic heterocycles. The van der Waals surface area contributed by atoms with Crippen molar-refractivity contribution in [1.82, 2.24) is 0 Å². The number of hydrogen-bond donors (Lipinski definition) is 1. The minimum atomic E-state index is -2.90. The fourth-order valence-electron chi connectivity index (χ4n) is 3.15. The zero-order chi connectivity index (χ0) is 11.6. The van der Waals surface area contributed by atoms with Crippen LogP contribution in [0.1, 0.15) is 57.8 Å². The summed E-state index contributed by atoms with van der Waals surface area (Å²) >= 11 is 0. The highest BCUT2D eigenvalue weighted by Crippen LogP contribution is 2.32. The first-order valence-electron chi connectivity index (χ1n) is 6.59. The average Bonchev–Trinajstić information content (AvgIpc) is 2.30.